The van der Waals surface area contributed by atoms with Crippen LogP contribution in [0.3, 0.4) is 0 Å². The zero-order chi connectivity index (χ0) is 16.5. The molecular formula is C21H16S3. The number of hydrogen-bond acceptors (Lipinski definition) is 3. The van der Waals surface area contributed by atoms with Crippen molar-refractivity contribution in [3.63, 3.8) is 0 Å². The van der Waals surface area contributed by atoms with Gasteiger partial charge in [0.2, 0.25) is 0 Å². The molecular weight excluding hydrogens is 348 g/mol. The summed E-state index contributed by atoms with van der Waals surface area (Å²) in [7, 11) is 0. The van der Waals surface area contributed by atoms with Crippen LogP contribution in [-0.4, -0.2) is 6.26 Å². The van der Waals surface area contributed by atoms with E-state index in [0.717, 1.165) is 4.90 Å². The van der Waals surface area contributed by atoms with Crippen molar-refractivity contribution in [3.8, 4) is 0 Å². The van der Waals surface area contributed by atoms with E-state index in [-0.39, 0.29) is 0 Å². The minimum atomic E-state index is 1.03. The van der Waals surface area contributed by atoms with Gasteiger partial charge in [-0.3, -0.25) is 0 Å². The van der Waals surface area contributed by atoms with Gasteiger partial charge in [0.1, 0.15) is 0 Å². The highest BCUT2D eigenvalue weighted by Crippen LogP contribution is 2.39. The van der Waals surface area contributed by atoms with Crippen LogP contribution in [0, 0.1) is 0 Å². The Bertz CT molecular complexity index is 1040. The van der Waals surface area contributed by atoms with Gasteiger partial charge in [0.25, 0.3) is 0 Å². The van der Waals surface area contributed by atoms with Crippen LogP contribution in [0.1, 0.15) is 0 Å². The monoisotopic (exact) mass is 364 g/mol. The van der Waals surface area contributed by atoms with Crippen molar-refractivity contribution in [1.82, 2.24) is 0 Å². The lowest BCUT2D eigenvalue weighted by Crippen LogP contribution is -1.83. The van der Waals surface area contributed by atoms with Crippen LogP contribution >= 0.6 is 36.2 Å². The smallest absolute Gasteiger partial charge is 0.0201 e. The molecule has 4 aromatic rings. The standard InChI is InChI=1S/C21H16S3/c1-23-20-10-11-21(18-9-5-4-8-17(18)20)24-15-12-14-6-2-3-7-16(14)19(22)13-15/h2-13,22H,1H3. The first kappa shape index (κ1) is 15.9. The minimum absolute atomic E-state index is 1.03. The van der Waals surface area contributed by atoms with Crippen molar-refractivity contribution >= 4 is 57.7 Å². The Balaban J connectivity index is 1.83. The van der Waals surface area contributed by atoms with E-state index in [2.05, 4.69) is 91.7 Å². The molecule has 0 spiro atoms. The predicted molar refractivity (Wildman–Crippen MR) is 111 cm³/mol. The van der Waals surface area contributed by atoms with Crippen molar-refractivity contribution < 1.29 is 0 Å². The third kappa shape index (κ3) is 2.92. The highest BCUT2D eigenvalue weighted by molar-refractivity contribution is 7.99. The number of thiol groups is 1. The molecule has 0 saturated carbocycles. The Morgan fingerprint density at radius 2 is 1.33 bits per heavy atom. The lowest BCUT2D eigenvalue weighted by molar-refractivity contribution is 1.38. The summed E-state index contributed by atoms with van der Waals surface area (Å²) in [6, 6.07) is 25.9. The van der Waals surface area contributed by atoms with E-state index in [0.29, 0.717) is 0 Å². The fourth-order valence-electron chi connectivity index (χ4n) is 2.96. The van der Waals surface area contributed by atoms with E-state index in [1.54, 1.807) is 11.8 Å². The van der Waals surface area contributed by atoms with Crippen molar-refractivity contribution in [2.24, 2.45) is 0 Å². The van der Waals surface area contributed by atoms with Crippen LogP contribution in [0.4, 0.5) is 0 Å². The van der Waals surface area contributed by atoms with Gasteiger partial charge in [-0.15, -0.1) is 24.4 Å². The minimum Gasteiger partial charge on any atom is -0.143 e. The van der Waals surface area contributed by atoms with Crippen molar-refractivity contribution in [2.75, 3.05) is 6.26 Å². The summed E-state index contributed by atoms with van der Waals surface area (Å²) in [5.41, 5.74) is 0. The largest absolute Gasteiger partial charge is 0.143 e. The second kappa shape index (κ2) is 6.75. The fraction of sp³-hybridized carbons (Fsp3) is 0.0476. The summed E-state index contributed by atoms with van der Waals surface area (Å²) in [5.74, 6) is 0. The van der Waals surface area contributed by atoms with E-state index in [1.165, 1.54) is 36.2 Å². The number of rotatable bonds is 3. The maximum atomic E-state index is 4.67. The lowest BCUT2D eigenvalue weighted by Gasteiger charge is -2.11. The SMILES string of the molecule is CSc1ccc(Sc2cc(S)c3ccccc3c2)c2ccccc12. The molecule has 3 heteroatoms. The molecule has 0 aliphatic carbocycles. The molecule has 0 aliphatic rings. The molecule has 0 fully saturated rings. The summed E-state index contributed by atoms with van der Waals surface area (Å²) in [4.78, 5) is 4.86. The third-order valence-electron chi connectivity index (χ3n) is 4.11. The summed E-state index contributed by atoms with van der Waals surface area (Å²) in [5, 5.41) is 5.07. The van der Waals surface area contributed by atoms with Gasteiger partial charge in [0, 0.05) is 19.6 Å². The van der Waals surface area contributed by atoms with Crippen LogP contribution in [0.2, 0.25) is 0 Å². The highest BCUT2D eigenvalue weighted by atomic mass is 32.2. The molecule has 0 radical (unpaired) electrons. The van der Waals surface area contributed by atoms with Gasteiger partial charge in [-0.25, -0.2) is 0 Å². The van der Waals surface area contributed by atoms with Gasteiger partial charge in [0.15, 0.2) is 0 Å². The van der Waals surface area contributed by atoms with Gasteiger partial charge in [-0.2, -0.15) is 0 Å². The summed E-state index contributed by atoms with van der Waals surface area (Å²) < 4.78 is 0. The molecule has 4 rings (SSSR count). The zero-order valence-corrected chi connectivity index (χ0v) is 15.7. The van der Waals surface area contributed by atoms with Crippen LogP contribution < -0.4 is 0 Å². The molecule has 118 valence electrons. The van der Waals surface area contributed by atoms with Crippen LogP contribution in [0.5, 0.6) is 0 Å². The first-order chi connectivity index (χ1) is 11.8. The van der Waals surface area contributed by atoms with Gasteiger partial charge in [-0.1, -0.05) is 60.3 Å². The van der Waals surface area contributed by atoms with Crippen LogP contribution in [0.15, 0.2) is 92.4 Å². The summed E-state index contributed by atoms with van der Waals surface area (Å²) in [6.07, 6.45) is 2.13. The van der Waals surface area contributed by atoms with Crippen LogP contribution in [-0.2, 0) is 0 Å². The first-order valence-electron chi connectivity index (χ1n) is 7.71. The van der Waals surface area contributed by atoms with Gasteiger partial charge >= 0.3 is 0 Å². The fourth-order valence-corrected chi connectivity index (χ4v) is 5.03. The first-order valence-corrected chi connectivity index (χ1v) is 10.2. The second-order valence-electron chi connectivity index (χ2n) is 5.58. The quantitative estimate of drug-likeness (QED) is 0.303. The third-order valence-corrected chi connectivity index (χ3v) is 6.32. The van der Waals surface area contributed by atoms with Gasteiger partial charge < -0.3 is 0 Å². The molecule has 0 atom stereocenters. The van der Waals surface area contributed by atoms with E-state index >= 15 is 0 Å². The average Bonchev–Trinajstić information content (AvgIpc) is 2.62. The maximum Gasteiger partial charge on any atom is 0.0201 e. The normalized spacial score (nSPS) is 11.2. The Labute approximate surface area is 156 Å². The predicted octanol–water partition coefficient (Wildman–Crippen LogP) is 7.15. The molecule has 0 nitrogen and oxygen atoms in total. The average molecular weight is 365 g/mol. The molecule has 0 aromatic heterocycles. The number of thioether (sulfide) groups is 1. The van der Waals surface area contributed by atoms with E-state index in [9.17, 15) is 0 Å². The molecule has 0 saturated heterocycles. The lowest BCUT2D eigenvalue weighted by atomic mass is 10.1. The van der Waals surface area contributed by atoms with Crippen molar-refractivity contribution in [2.45, 2.75) is 19.6 Å². The van der Waals surface area contributed by atoms with E-state index < -0.39 is 0 Å². The molecule has 0 bridgehead atoms. The molecule has 24 heavy (non-hydrogen) atoms. The zero-order valence-electron chi connectivity index (χ0n) is 13.2. The summed E-state index contributed by atoms with van der Waals surface area (Å²) >= 11 is 8.28. The van der Waals surface area contributed by atoms with Crippen LogP contribution in [0.25, 0.3) is 21.5 Å². The molecule has 0 N–H and O–H groups in total. The number of fused-ring (bicyclic) bond motifs is 2. The molecule has 0 unspecified atom stereocenters. The second-order valence-corrected chi connectivity index (χ2v) is 8.02. The van der Waals surface area contributed by atoms with E-state index in [1.807, 2.05) is 11.8 Å². The molecule has 0 heterocycles. The maximum absolute atomic E-state index is 4.67. The number of benzene rings is 4. The number of hydrogen-bond donors (Lipinski definition) is 1. The Morgan fingerprint density at radius 3 is 2.08 bits per heavy atom. The van der Waals surface area contributed by atoms with E-state index in [4.69, 9.17) is 0 Å². The Hall–Kier alpha value is -1.55. The summed E-state index contributed by atoms with van der Waals surface area (Å²) in [6.45, 7) is 0. The Morgan fingerprint density at radius 1 is 0.708 bits per heavy atom. The van der Waals surface area contributed by atoms with Gasteiger partial charge in [-0.05, 0) is 52.1 Å². The Kier molecular flexibility index (Phi) is 4.49. The van der Waals surface area contributed by atoms with Gasteiger partial charge in [0.05, 0.1) is 0 Å². The highest BCUT2D eigenvalue weighted by Gasteiger charge is 2.08. The van der Waals surface area contributed by atoms with Crippen molar-refractivity contribution in [3.05, 3.63) is 72.8 Å². The molecule has 0 aliphatic heterocycles. The molecule has 4 aromatic carbocycles. The van der Waals surface area contributed by atoms with Crippen molar-refractivity contribution in [1.29, 1.82) is 0 Å². The topological polar surface area (TPSA) is 0 Å². The molecule has 0 amide bonds.